The highest BCUT2D eigenvalue weighted by molar-refractivity contribution is 5.85. The molecule has 0 radical (unpaired) electrons. The van der Waals surface area contributed by atoms with Crippen molar-refractivity contribution in [2.75, 3.05) is 6.54 Å². The molecule has 2 N–H and O–H groups in total. The Bertz CT molecular complexity index is 603. The summed E-state index contributed by atoms with van der Waals surface area (Å²) in [4.78, 5) is 11.3. The van der Waals surface area contributed by atoms with Crippen molar-refractivity contribution in [3.8, 4) is 0 Å². The van der Waals surface area contributed by atoms with Gasteiger partial charge in [0.05, 0.1) is 5.92 Å². The maximum atomic E-state index is 11.3. The van der Waals surface area contributed by atoms with Gasteiger partial charge in [-0.15, -0.1) is 0 Å². The summed E-state index contributed by atoms with van der Waals surface area (Å²) in [6.07, 6.45) is 2.74. The van der Waals surface area contributed by atoms with Crippen molar-refractivity contribution < 1.29 is 9.90 Å². The Morgan fingerprint density at radius 3 is 3.00 bits per heavy atom. The number of nitrogens with zero attached hydrogens (tertiary/aromatic N) is 1. The number of aryl methyl sites for hydroxylation is 1. The molecule has 1 fully saturated rings. The van der Waals surface area contributed by atoms with Crippen LogP contribution < -0.4 is 5.32 Å². The van der Waals surface area contributed by atoms with Crippen LogP contribution in [0.5, 0.6) is 0 Å². The number of carbonyl (C=O) groups is 1. The lowest BCUT2D eigenvalue weighted by Crippen LogP contribution is -2.23. The van der Waals surface area contributed by atoms with Crippen molar-refractivity contribution in [3.05, 3.63) is 36.0 Å². The zero-order valence-electron chi connectivity index (χ0n) is 10.3. The topological polar surface area (TPSA) is 54.3 Å². The summed E-state index contributed by atoms with van der Waals surface area (Å²) in [5, 5.41) is 13.7. The Morgan fingerprint density at radius 1 is 1.44 bits per heavy atom. The van der Waals surface area contributed by atoms with E-state index < -0.39 is 5.97 Å². The Labute approximate surface area is 105 Å². The van der Waals surface area contributed by atoms with Crippen molar-refractivity contribution in [1.82, 2.24) is 9.88 Å². The van der Waals surface area contributed by atoms with Gasteiger partial charge in [-0.3, -0.25) is 4.79 Å². The van der Waals surface area contributed by atoms with E-state index in [0.717, 1.165) is 23.0 Å². The second-order valence-corrected chi connectivity index (χ2v) is 4.88. The number of para-hydroxylation sites is 1. The summed E-state index contributed by atoms with van der Waals surface area (Å²) in [6, 6.07) is 8.04. The van der Waals surface area contributed by atoms with E-state index >= 15 is 0 Å². The molecule has 4 heteroatoms. The minimum atomic E-state index is -0.710. The van der Waals surface area contributed by atoms with Gasteiger partial charge in [-0.25, -0.2) is 0 Å². The highest BCUT2D eigenvalue weighted by atomic mass is 16.4. The maximum absolute atomic E-state index is 11.3. The second kappa shape index (κ2) is 4.14. The number of hydrogen-bond acceptors (Lipinski definition) is 2. The summed E-state index contributed by atoms with van der Waals surface area (Å²) >= 11 is 0. The quantitative estimate of drug-likeness (QED) is 0.848. The van der Waals surface area contributed by atoms with E-state index in [1.165, 1.54) is 0 Å². The molecule has 94 valence electrons. The number of carboxylic acids is 1. The number of benzene rings is 1. The van der Waals surface area contributed by atoms with Gasteiger partial charge in [0.25, 0.3) is 0 Å². The third-order valence-electron chi connectivity index (χ3n) is 3.80. The Kier molecular flexibility index (Phi) is 2.59. The number of hydrogen-bond donors (Lipinski definition) is 2. The number of aromatic nitrogens is 1. The predicted octanol–water partition coefficient (Wildman–Crippen LogP) is 1.91. The SMILES string of the molecule is Cn1cc([C@H]2NCC[C@@H]2C(=O)O)c2ccccc21. The largest absolute Gasteiger partial charge is 0.481 e. The molecular weight excluding hydrogens is 228 g/mol. The number of nitrogens with one attached hydrogen (secondary N) is 1. The van der Waals surface area contributed by atoms with Gasteiger partial charge in [0.1, 0.15) is 0 Å². The van der Waals surface area contributed by atoms with Crippen LogP contribution in [0.2, 0.25) is 0 Å². The van der Waals surface area contributed by atoms with Crippen LogP contribution in [-0.4, -0.2) is 22.2 Å². The Morgan fingerprint density at radius 2 is 2.22 bits per heavy atom. The molecule has 0 saturated carbocycles. The zero-order chi connectivity index (χ0) is 12.7. The first-order valence-electron chi connectivity index (χ1n) is 6.18. The fraction of sp³-hybridized carbons (Fsp3) is 0.357. The van der Waals surface area contributed by atoms with Crippen LogP contribution in [0.25, 0.3) is 10.9 Å². The molecule has 0 spiro atoms. The molecule has 2 atom stereocenters. The zero-order valence-corrected chi connectivity index (χ0v) is 10.3. The molecule has 2 heterocycles. The van der Waals surface area contributed by atoms with Gasteiger partial charge in [-0.1, -0.05) is 18.2 Å². The van der Waals surface area contributed by atoms with E-state index in [2.05, 4.69) is 22.0 Å². The van der Waals surface area contributed by atoms with Crippen LogP contribution in [0, 0.1) is 5.92 Å². The lowest BCUT2D eigenvalue weighted by atomic mass is 9.94. The van der Waals surface area contributed by atoms with Crippen LogP contribution in [0.15, 0.2) is 30.5 Å². The fourth-order valence-electron chi connectivity index (χ4n) is 2.92. The van der Waals surface area contributed by atoms with Crippen molar-refractivity contribution in [2.45, 2.75) is 12.5 Å². The summed E-state index contributed by atoms with van der Waals surface area (Å²) in [7, 11) is 2.00. The van der Waals surface area contributed by atoms with E-state index in [0.29, 0.717) is 6.42 Å². The minimum Gasteiger partial charge on any atom is -0.481 e. The predicted molar refractivity (Wildman–Crippen MR) is 69.4 cm³/mol. The molecular formula is C14H16N2O2. The maximum Gasteiger partial charge on any atom is 0.308 e. The highest BCUT2D eigenvalue weighted by Gasteiger charge is 2.35. The highest BCUT2D eigenvalue weighted by Crippen LogP contribution is 2.34. The van der Waals surface area contributed by atoms with Gasteiger partial charge in [0, 0.05) is 30.2 Å². The molecule has 2 aromatic rings. The van der Waals surface area contributed by atoms with E-state index in [1.54, 1.807) is 0 Å². The van der Waals surface area contributed by atoms with Crippen LogP contribution in [0.1, 0.15) is 18.0 Å². The van der Waals surface area contributed by atoms with Crippen molar-refractivity contribution in [3.63, 3.8) is 0 Å². The van der Waals surface area contributed by atoms with E-state index in [-0.39, 0.29) is 12.0 Å². The monoisotopic (exact) mass is 244 g/mol. The first-order chi connectivity index (χ1) is 8.68. The van der Waals surface area contributed by atoms with Crippen LogP contribution in [0.3, 0.4) is 0 Å². The summed E-state index contributed by atoms with van der Waals surface area (Å²) in [6.45, 7) is 0.769. The van der Waals surface area contributed by atoms with Gasteiger partial charge in [0.15, 0.2) is 0 Å². The molecule has 4 nitrogen and oxygen atoms in total. The molecule has 0 unspecified atom stereocenters. The lowest BCUT2D eigenvalue weighted by Gasteiger charge is -2.15. The van der Waals surface area contributed by atoms with Crippen molar-refractivity contribution >= 4 is 16.9 Å². The number of aliphatic carboxylic acids is 1. The van der Waals surface area contributed by atoms with Gasteiger partial charge in [0.2, 0.25) is 0 Å². The fourth-order valence-corrected chi connectivity index (χ4v) is 2.92. The van der Waals surface area contributed by atoms with E-state index in [1.807, 2.05) is 25.4 Å². The lowest BCUT2D eigenvalue weighted by molar-refractivity contribution is -0.142. The molecule has 0 bridgehead atoms. The van der Waals surface area contributed by atoms with Crippen LogP contribution in [-0.2, 0) is 11.8 Å². The molecule has 18 heavy (non-hydrogen) atoms. The normalized spacial score (nSPS) is 23.6. The third-order valence-corrected chi connectivity index (χ3v) is 3.80. The standard InChI is InChI=1S/C14H16N2O2/c1-16-8-11(9-4-2-3-5-12(9)16)13-10(14(17)18)6-7-15-13/h2-5,8,10,13,15H,6-7H2,1H3,(H,17,18)/t10-,13-/m0/s1. The minimum absolute atomic E-state index is 0.0754. The Balaban J connectivity index is 2.12. The number of carboxylic acid groups (broad SMARTS) is 1. The molecule has 1 aliphatic heterocycles. The first kappa shape index (κ1) is 11.3. The summed E-state index contributed by atoms with van der Waals surface area (Å²) in [5.74, 6) is -1.03. The van der Waals surface area contributed by atoms with Crippen molar-refractivity contribution in [2.24, 2.45) is 13.0 Å². The third kappa shape index (κ3) is 1.61. The van der Waals surface area contributed by atoms with Gasteiger partial charge in [-0.2, -0.15) is 0 Å². The van der Waals surface area contributed by atoms with Crippen molar-refractivity contribution in [1.29, 1.82) is 0 Å². The number of fused-ring (bicyclic) bond motifs is 1. The summed E-state index contributed by atoms with van der Waals surface area (Å²) in [5.41, 5.74) is 2.24. The van der Waals surface area contributed by atoms with E-state index in [4.69, 9.17) is 0 Å². The van der Waals surface area contributed by atoms with E-state index in [9.17, 15) is 9.90 Å². The van der Waals surface area contributed by atoms with Gasteiger partial charge < -0.3 is 15.0 Å². The Hall–Kier alpha value is -1.81. The first-order valence-corrected chi connectivity index (χ1v) is 6.18. The molecule has 1 aliphatic rings. The molecule has 1 aromatic heterocycles. The van der Waals surface area contributed by atoms with Gasteiger partial charge in [-0.05, 0) is 24.6 Å². The second-order valence-electron chi connectivity index (χ2n) is 4.88. The molecule has 1 aromatic carbocycles. The summed E-state index contributed by atoms with van der Waals surface area (Å²) < 4.78 is 2.06. The molecule has 0 amide bonds. The van der Waals surface area contributed by atoms with Crippen LogP contribution in [0.4, 0.5) is 0 Å². The molecule has 3 rings (SSSR count). The smallest absolute Gasteiger partial charge is 0.308 e. The average Bonchev–Trinajstić information content (AvgIpc) is 2.95. The van der Waals surface area contributed by atoms with Gasteiger partial charge >= 0.3 is 5.97 Å². The average molecular weight is 244 g/mol. The van der Waals surface area contributed by atoms with Crippen LogP contribution >= 0.6 is 0 Å². The molecule has 0 aliphatic carbocycles. The molecule has 1 saturated heterocycles. The number of rotatable bonds is 2.